The fraction of sp³-hybridized carbons (Fsp3) is 0.200. The minimum absolute atomic E-state index is 0.372. The number of ether oxygens (including phenoxy) is 2. The molecule has 0 saturated heterocycles. The largest absolute Gasteiger partial charge is 0.466 e. The van der Waals surface area contributed by atoms with Gasteiger partial charge in [0.15, 0.2) is 5.72 Å². The fourth-order valence-electron chi connectivity index (χ4n) is 1.97. The molecule has 21 heavy (non-hydrogen) atoms. The van der Waals surface area contributed by atoms with Crippen molar-refractivity contribution in [3.63, 3.8) is 0 Å². The Bertz CT molecular complexity index is 748. The maximum absolute atomic E-state index is 9.03. The van der Waals surface area contributed by atoms with Crippen molar-refractivity contribution in [2.45, 2.75) is 19.6 Å². The SMILES string of the molecule is CC1(C)N=C(Oc2ccncn2)c2cc(C#N)ccc2O1. The van der Waals surface area contributed by atoms with Gasteiger partial charge in [-0.25, -0.2) is 15.0 Å². The number of aliphatic imine (C=N–C) groups is 1. The second-order valence-corrected chi connectivity index (χ2v) is 4.94. The lowest BCUT2D eigenvalue weighted by Gasteiger charge is -2.29. The summed E-state index contributed by atoms with van der Waals surface area (Å²) in [5.74, 6) is 1.38. The predicted molar refractivity (Wildman–Crippen MR) is 75.1 cm³/mol. The maximum Gasteiger partial charge on any atom is 0.231 e. The Morgan fingerprint density at radius 3 is 2.86 bits per heavy atom. The first-order valence-corrected chi connectivity index (χ1v) is 6.35. The Kier molecular flexibility index (Phi) is 3.03. The summed E-state index contributed by atoms with van der Waals surface area (Å²) in [5, 5.41) is 9.03. The lowest BCUT2D eigenvalue weighted by atomic mass is 10.1. The topological polar surface area (TPSA) is 80.4 Å². The van der Waals surface area contributed by atoms with Gasteiger partial charge in [-0.3, -0.25) is 0 Å². The van der Waals surface area contributed by atoms with Gasteiger partial charge in [0.05, 0.1) is 17.2 Å². The number of nitriles is 1. The summed E-state index contributed by atoms with van der Waals surface area (Å²) in [6.07, 6.45) is 2.98. The Hall–Kier alpha value is -2.94. The average molecular weight is 280 g/mol. The van der Waals surface area contributed by atoms with Crippen LogP contribution in [0.4, 0.5) is 0 Å². The first kappa shape index (κ1) is 13.1. The summed E-state index contributed by atoms with van der Waals surface area (Å²) in [5.41, 5.74) is 0.395. The van der Waals surface area contributed by atoms with Crippen LogP contribution in [0.1, 0.15) is 25.0 Å². The molecule has 0 atom stereocenters. The highest BCUT2D eigenvalue weighted by Crippen LogP contribution is 2.31. The summed E-state index contributed by atoms with van der Waals surface area (Å²) in [7, 11) is 0. The summed E-state index contributed by atoms with van der Waals surface area (Å²) in [6.45, 7) is 3.66. The van der Waals surface area contributed by atoms with Crippen LogP contribution in [0.5, 0.6) is 11.6 Å². The molecule has 0 amide bonds. The van der Waals surface area contributed by atoms with Crippen LogP contribution >= 0.6 is 0 Å². The molecule has 1 aromatic carbocycles. The Morgan fingerprint density at radius 2 is 2.14 bits per heavy atom. The third kappa shape index (κ3) is 2.67. The van der Waals surface area contributed by atoms with Gasteiger partial charge < -0.3 is 9.47 Å². The van der Waals surface area contributed by atoms with E-state index in [4.69, 9.17) is 14.7 Å². The van der Waals surface area contributed by atoms with Crippen molar-refractivity contribution in [3.8, 4) is 17.7 Å². The zero-order valence-corrected chi connectivity index (χ0v) is 11.6. The lowest BCUT2D eigenvalue weighted by Crippen LogP contribution is -2.34. The summed E-state index contributed by atoms with van der Waals surface area (Å²) >= 11 is 0. The van der Waals surface area contributed by atoms with Gasteiger partial charge in [0.2, 0.25) is 11.8 Å². The number of fused-ring (bicyclic) bond motifs is 1. The van der Waals surface area contributed by atoms with Gasteiger partial charge in [-0.1, -0.05) is 0 Å². The number of hydrogen-bond donors (Lipinski definition) is 0. The van der Waals surface area contributed by atoms with Crippen molar-refractivity contribution in [2.75, 3.05) is 0 Å². The van der Waals surface area contributed by atoms with Crippen LogP contribution in [0.3, 0.4) is 0 Å². The molecular weight excluding hydrogens is 268 g/mol. The normalized spacial score (nSPS) is 15.2. The number of nitrogens with zero attached hydrogens (tertiary/aromatic N) is 4. The van der Waals surface area contributed by atoms with Crippen LogP contribution in [0, 0.1) is 11.3 Å². The monoisotopic (exact) mass is 280 g/mol. The zero-order chi connectivity index (χ0) is 14.9. The van der Waals surface area contributed by atoms with Crippen molar-refractivity contribution >= 4 is 5.90 Å². The predicted octanol–water partition coefficient (Wildman–Crippen LogP) is 2.30. The summed E-state index contributed by atoms with van der Waals surface area (Å²) < 4.78 is 11.5. The van der Waals surface area contributed by atoms with Gasteiger partial charge in [0.25, 0.3) is 0 Å². The van der Waals surface area contributed by atoms with Crippen LogP contribution in [-0.4, -0.2) is 21.6 Å². The van der Waals surface area contributed by atoms with Crippen LogP contribution in [0.2, 0.25) is 0 Å². The second-order valence-electron chi connectivity index (χ2n) is 4.94. The summed E-state index contributed by atoms with van der Waals surface area (Å²) in [6, 6.07) is 8.85. The van der Waals surface area contributed by atoms with Gasteiger partial charge in [-0.05, 0) is 32.0 Å². The van der Waals surface area contributed by atoms with E-state index in [0.717, 1.165) is 0 Å². The lowest BCUT2D eigenvalue weighted by molar-refractivity contribution is 0.112. The molecule has 1 aliphatic heterocycles. The molecule has 0 spiro atoms. The third-order valence-corrected chi connectivity index (χ3v) is 2.83. The molecule has 1 aliphatic rings. The molecule has 3 rings (SSSR count). The molecule has 0 unspecified atom stereocenters. The molecule has 1 aromatic heterocycles. The average Bonchev–Trinajstić information content (AvgIpc) is 2.47. The molecule has 104 valence electrons. The van der Waals surface area contributed by atoms with Crippen LogP contribution in [-0.2, 0) is 0 Å². The van der Waals surface area contributed by atoms with Crippen molar-refractivity contribution in [3.05, 3.63) is 47.9 Å². The highest BCUT2D eigenvalue weighted by Gasteiger charge is 2.29. The van der Waals surface area contributed by atoms with Gasteiger partial charge in [-0.15, -0.1) is 0 Å². The molecule has 0 bridgehead atoms. The minimum Gasteiger partial charge on any atom is -0.466 e. The number of rotatable bonds is 1. The van der Waals surface area contributed by atoms with Crippen molar-refractivity contribution < 1.29 is 9.47 Å². The van der Waals surface area contributed by atoms with Gasteiger partial charge in [0, 0.05) is 12.3 Å². The number of benzene rings is 1. The first-order valence-electron chi connectivity index (χ1n) is 6.35. The van der Waals surface area contributed by atoms with E-state index >= 15 is 0 Å². The quantitative estimate of drug-likeness (QED) is 0.800. The van der Waals surface area contributed by atoms with E-state index in [2.05, 4.69) is 21.0 Å². The number of aromatic nitrogens is 2. The summed E-state index contributed by atoms with van der Waals surface area (Å²) in [4.78, 5) is 12.3. The van der Waals surface area contributed by atoms with Gasteiger partial charge in [-0.2, -0.15) is 5.26 Å². The first-order chi connectivity index (χ1) is 10.1. The van der Waals surface area contributed by atoms with Crippen molar-refractivity contribution in [1.82, 2.24) is 9.97 Å². The minimum atomic E-state index is -0.747. The second kappa shape index (κ2) is 4.87. The molecule has 0 radical (unpaired) electrons. The van der Waals surface area contributed by atoms with E-state index in [1.165, 1.54) is 6.33 Å². The van der Waals surface area contributed by atoms with E-state index in [9.17, 15) is 0 Å². The molecule has 2 heterocycles. The fourth-order valence-corrected chi connectivity index (χ4v) is 1.97. The Morgan fingerprint density at radius 1 is 1.29 bits per heavy atom. The Labute approximate surface area is 121 Å². The van der Waals surface area contributed by atoms with E-state index < -0.39 is 5.72 Å². The van der Waals surface area contributed by atoms with Crippen molar-refractivity contribution in [1.29, 1.82) is 5.26 Å². The van der Waals surface area contributed by atoms with Gasteiger partial charge in [0.1, 0.15) is 12.1 Å². The van der Waals surface area contributed by atoms with E-state index in [0.29, 0.717) is 28.7 Å². The Balaban J connectivity index is 2.05. The van der Waals surface area contributed by atoms with Crippen molar-refractivity contribution in [2.24, 2.45) is 4.99 Å². The van der Waals surface area contributed by atoms with Crippen LogP contribution in [0.15, 0.2) is 41.8 Å². The number of hydrogen-bond acceptors (Lipinski definition) is 6. The van der Waals surface area contributed by atoms with Crippen LogP contribution < -0.4 is 9.47 Å². The maximum atomic E-state index is 9.03. The smallest absolute Gasteiger partial charge is 0.231 e. The highest BCUT2D eigenvalue weighted by atomic mass is 16.5. The third-order valence-electron chi connectivity index (χ3n) is 2.83. The zero-order valence-electron chi connectivity index (χ0n) is 11.6. The molecule has 0 saturated carbocycles. The van der Waals surface area contributed by atoms with Gasteiger partial charge >= 0.3 is 0 Å². The van der Waals surface area contributed by atoms with E-state index in [1.54, 1.807) is 30.5 Å². The molecule has 2 aromatic rings. The van der Waals surface area contributed by atoms with E-state index in [-0.39, 0.29) is 0 Å². The molecule has 0 N–H and O–H groups in total. The molecule has 0 aliphatic carbocycles. The standard InChI is InChI=1S/C15H12N4O2/c1-15(2)19-14(20-13-5-6-17-9-18-13)11-7-10(8-16)3-4-12(11)21-15/h3-7,9H,1-2H3. The molecule has 6 nitrogen and oxygen atoms in total. The van der Waals surface area contributed by atoms with E-state index in [1.807, 2.05) is 13.8 Å². The molecule has 6 heteroatoms. The molecule has 0 fully saturated rings. The molecular formula is C15H12N4O2. The van der Waals surface area contributed by atoms with Crippen LogP contribution in [0.25, 0.3) is 0 Å². The highest BCUT2D eigenvalue weighted by molar-refractivity contribution is 5.99.